The Morgan fingerprint density at radius 3 is 2.76 bits per heavy atom. The molecule has 1 aromatic heterocycles. The van der Waals surface area contributed by atoms with Crippen molar-refractivity contribution in [1.82, 2.24) is 9.97 Å². The summed E-state index contributed by atoms with van der Waals surface area (Å²) >= 11 is 6.22. The zero-order valence-corrected chi connectivity index (χ0v) is 17.7. The number of hydrogen-bond acceptors (Lipinski definition) is 6. The summed E-state index contributed by atoms with van der Waals surface area (Å²) in [5, 5.41) is 15.7. The van der Waals surface area contributed by atoms with E-state index in [4.69, 9.17) is 11.6 Å². The third kappa shape index (κ3) is 3.88. The number of hydrogen-bond donors (Lipinski definition) is 1. The first-order valence-corrected chi connectivity index (χ1v) is 10.3. The van der Waals surface area contributed by atoms with E-state index in [0.717, 1.165) is 31.4 Å². The lowest BCUT2D eigenvalue weighted by Crippen LogP contribution is -2.35. The zero-order valence-electron chi connectivity index (χ0n) is 17.0. The van der Waals surface area contributed by atoms with Crippen molar-refractivity contribution < 1.29 is 4.92 Å². The van der Waals surface area contributed by atoms with Gasteiger partial charge < -0.3 is 10.2 Å². The molecule has 2 aromatic rings. The van der Waals surface area contributed by atoms with Gasteiger partial charge in [-0.05, 0) is 41.7 Å². The van der Waals surface area contributed by atoms with Gasteiger partial charge in [-0.15, -0.1) is 0 Å². The monoisotopic (exact) mass is 415 g/mol. The van der Waals surface area contributed by atoms with E-state index < -0.39 is 0 Å². The highest BCUT2D eigenvalue weighted by Gasteiger charge is 2.51. The molecule has 0 spiro atoms. The van der Waals surface area contributed by atoms with Gasteiger partial charge >= 0.3 is 5.69 Å². The number of nitrogens with one attached hydrogen (secondary N) is 1. The number of aromatic nitrogens is 2. The molecule has 2 fully saturated rings. The van der Waals surface area contributed by atoms with Crippen molar-refractivity contribution in [3.63, 3.8) is 0 Å². The number of rotatable bonds is 5. The van der Waals surface area contributed by atoms with Gasteiger partial charge in [0.1, 0.15) is 6.33 Å². The lowest BCUT2D eigenvalue weighted by Gasteiger charge is -2.39. The van der Waals surface area contributed by atoms with Crippen molar-refractivity contribution in [2.75, 3.05) is 16.8 Å². The van der Waals surface area contributed by atoms with E-state index in [0.29, 0.717) is 17.4 Å². The van der Waals surface area contributed by atoms with Gasteiger partial charge in [0.2, 0.25) is 11.6 Å². The Labute approximate surface area is 175 Å². The second kappa shape index (κ2) is 7.13. The lowest BCUT2D eigenvalue weighted by molar-refractivity contribution is -0.383. The Hall–Kier alpha value is -2.41. The quantitative estimate of drug-likeness (QED) is 0.543. The van der Waals surface area contributed by atoms with E-state index in [2.05, 4.69) is 41.0 Å². The van der Waals surface area contributed by atoms with Crippen molar-refractivity contribution >= 4 is 28.9 Å². The molecule has 29 heavy (non-hydrogen) atoms. The van der Waals surface area contributed by atoms with E-state index >= 15 is 0 Å². The molecular weight excluding hydrogens is 390 g/mol. The second-order valence-electron chi connectivity index (χ2n) is 9.44. The zero-order chi connectivity index (χ0) is 20.8. The van der Waals surface area contributed by atoms with Gasteiger partial charge in [0, 0.05) is 24.2 Å². The Morgan fingerprint density at radius 2 is 2.03 bits per heavy atom. The van der Waals surface area contributed by atoms with Gasteiger partial charge in [-0.3, -0.25) is 10.1 Å². The molecule has 1 aliphatic carbocycles. The van der Waals surface area contributed by atoms with Gasteiger partial charge in [-0.25, -0.2) is 9.97 Å². The third-order valence-electron chi connectivity index (χ3n) is 6.08. The topological polar surface area (TPSA) is 84.2 Å². The molecule has 2 heterocycles. The van der Waals surface area contributed by atoms with Gasteiger partial charge in [0.05, 0.1) is 4.92 Å². The maximum absolute atomic E-state index is 12.0. The number of anilines is 2. The minimum absolute atomic E-state index is 0.0616. The van der Waals surface area contributed by atoms with Gasteiger partial charge in [0.15, 0.2) is 0 Å². The summed E-state index contributed by atoms with van der Waals surface area (Å²) in [5.41, 5.74) is 1.17. The molecular formula is C21H26ClN5O2. The van der Waals surface area contributed by atoms with Gasteiger partial charge in [-0.2, -0.15) is 0 Å². The molecule has 1 saturated heterocycles. The minimum Gasteiger partial charge on any atom is -0.360 e. The summed E-state index contributed by atoms with van der Waals surface area (Å²) in [6, 6.07) is 7.68. The number of fused-ring (bicyclic) bond motifs is 2. The highest BCUT2D eigenvalue weighted by Crippen LogP contribution is 2.54. The molecule has 8 heteroatoms. The Morgan fingerprint density at radius 1 is 1.28 bits per heavy atom. The van der Waals surface area contributed by atoms with E-state index in [1.165, 1.54) is 6.33 Å². The smallest absolute Gasteiger partial charge is 0.353 e. The predicted molar refractivity (Wildman–Crippen MR) is 114 cm³/mol. The predicted octanol–water partition coefficient (Wildman–Crippen LogP) is 5.06. The fourth-order valence-corrected chi connectivity index (χ4v) is 5.61. The van der Waals surface area contributed by atoms with Crippen LogP contribution in [0.4, 0.5) is 17.3 Å². The number of nitrogens with zero attached hydrogens (tertiary/aromatic N) is 4. The van der Waals surface area contributed by atoms with Crippen LogP contribution in [0.25, 0.3) is 0 Å². The first-order chi connectivity index (χ1) is 13.7. The Balaban J connectivity index is 1.66. The maximum Gasteiger partial charge on any atom is 0.353 e. The fourth-order valence-electron chi connectivity index (χ4n) is 5.41. The Bertz CT molecular complexity index is 950. The van der Waals surface area contributed by atoms with E-state index in [1.807, 2.05) is 18.2 Å². The molecule has 2 unspecified atom stereocenters. The van der Waals surface area contributed by atoms with Crippen molar-refractivity contribution in [3.05, 3.63) is 51.3 Å². The van der Waals surface area contributed by atoms with Crippen LogP contribution < -0.4 is 10.2 Å². The number of nitro groups is 1. The van der Waals surface area contributed by atoms with Crippen LogP contribution in [-0.4, -0.2) is 27.5 Å². The molecule has 1 N–H and O–H groups in total. The minimum atomic E-state index is -0.375. The van der Waals surface area contributed by atoms with Crippen LogP contribution in [0.3, 0.4) is 0 Å². The van der Waals surface area contributed by atoms with Crippen LogP contribution in [-0.2, 0) is 6.54 Å². The highest BCUT2D eigenvalue weighted by molar-refractivity contribution is 6.31. The van der Waals surface area contributed by atoms with Gasteiger partial charge in [0.25, 0.3) is 0 Å². The van der Waals surface area contributed by atoms with Crippen LogP contribution in [0.5, 0.6) is 0 Å². The first-order valence-electron chi connectivity index (χ1n) is 9.91. The van der Waals surface area contributed by atoms with Gasteiger partial charge in [-0.1, -0.05) is 50.6 Å². The van der Waals surface area contributed by atoms with E-state index in [9.17, 15) is 10.1 Å². The summed E-state index contributed by atoms with van der Waals surface area (Å²) in [6.07, 6.45) is 4.57. The van der Waals surface area contributed by atoms with Crippen molar-refractivity contribution in [2.45, 2.75) is 52.6 Å². The van der Waals surface area contributed by atoms with Crippen LogP contribution in [0, 0.1) is 20.9 Å². The molecule has 1 saturated carbocycles. The molecule has 4 rings (SSSR count). The van der Waals surface area contributed by atoms with Crippen molar-refractivity contribution in [3.8, 4) is 0 Å². The first kappa shape index (κ1) is 19.9. The number of halogens is 1. The average Bonchev–Trinajstić information content (AvgIpc) is 2.89. The molecule has 0 amide bonds. The molecule has 7 nitrogen and oxygen atoms in total. The molecule has 0 radical (unpaired) electrons. The third-order valence-corrected chi connectivity index (χ3v) is 6.45. The van der Waals surface area contributed by atoms with Crippen molar-refractivity contribution in [1.29, 1.82) is 0 Å². The largest absolute Gasteiger partial charge is 0.360 e. The normalized spacial score (nSPS) is 25.1. The van der Waals surface area contributed by atoms with Crippen LogP contribution in [0.1, 0.15) is 45.6 Å². The number of benzene rings is 1. The molecule has 154 valence electrons. The van der Waals surface area contributed by atoms with Crippen LogP contribution in [0.15, 0.2) is 30.6 Å². The lowest BCUT2D eigenvalue weighted by atomic mass is 9.65. The summed E-state index contributed by atoms with van der Waals surface area (Å²) in [5.74, 6) is 0.642. The summed E-state index contributed by atoms with van der Waals surface area (Å²) < 4.78 is 0. The molecule has 2 aliphatic rings. The van der Waals surface area contributed by atoms with E-state index in [-0.39, 0.29) is 33.3 Å². The average molecular weight is 416 g/mol. The molecule has 1 aliphatic heterocycles. The molecule has 1 aromatic carbocycles. The SMILES string of the molecule is CC1(C)CC2CC(C)(CN2c2ncnc(NCc3ccccc3Cl)c2[N+](=O)[O-])C1. The van der Waals surface area contributed by atoms with Crippen molar-refractivity contribution in [2.24, 2.45) is 10.8 Å². The van der Waals surface area contributed by atoms with E-state index in [1.54, 1.807) is 6.07 Å². The summed E-state index contributed by atoms with van der Waals surface area (Å²) in [6.45, 7) is 7.98. The molecule has 2 atom stereocenters. The van der Waals surface area contributed by atoms with Crippen LogP contribution >= 0.6 is 11.6 Å². The highest BCUT2D eigenvalue weighted by atomic mass is 35.5. The second-order valence-corrected chi connectivity index (χ2v) is 9.85. The fraction of sp³-hybridized carbons (Fsp3) is 0.524. The standard InChI is InChI=1S/C21H26ClN5O2/c1-20(2)8-15-9-21(3,11-20)12-26(15)19-17(27(28)29)18(24-13-25-19)23-10-14-6-4-5-7-16(14)22/h4-7,13,15H,8-12H2,1-3H3,(H,23,24,25). The Kier molecular flexibility index (Phi) is 4.89. The van der Waals surface area contributed by atoms with Crippen LogP contribution in [0.2, 0.25) is 5.02 Å². The summed E-state index contributed by atoms with van der Waals surface area (Å²) in [7, 11) is 0. The maximum atomic E-state index is 12.0. The molecule has 2 bridgehead atoms. The summed E-state index contributed by atoms with van der Waals surface area (Å²) in [4.78, 5) is 22.3.